The van der Waals surface area contributed by atoms with Gasteiger partial charge in [-0.05, 0) is 94.5 Å². The van der Waals surface area contributed by atoms with Gasteiger partial charge in [0.1, 0.15) is 6.17 Å². The highest BCUT2D eigenvalue weighted by Crippen LogP contribution is 2.60. The average Bonchev–Trinajstić information content (AvgIpc) is 3.50. The summed E-state index contributed by atoms with van der Waals surface area (Å²) < 4.78 is 15.1. The lowest BCUT2D eigenvalue weighted by Crippen LogP contribution is -2.30. The minimum Gasteiger partial charge on any atom is -0.478 e. The summed E-state index contributed by atoms with van der Waals surface area (Å²) in [5.74, 6) is -0.954. The van der Waals surface area contributed by atoms with Gasteiger partial charge in [-0.3, -0.25) is 0 Å². The van der Waals surface area contributed by atoms with Crippen molar-refractivity contribution < 1.29 is 14.3 Å². The fourth-order valence-corrected chi connectivity index (χ4v) is 4.82. The predicted octanol–water partition coefficient (Wildman–Crippen LogP) is 6.97. The molecule has 0 saturated heterocycles. The zero-order valence-electron chi connectivity index (χ0n) is 17.5. The van der Waals surface area contributed by atoms with Gasteiger partial charge in [-0.25, -0.2) is 9.18 Å². The Bertz CT molecular complexity index is 981. The van der Waals surface area contributed by atoms with Gasteiger partial charge < -0.3 is 5.11 Å². The number of hydrogen-bond acceptors (Lipinski definition) is 1. The fourth-order valence-electron chi connectivity index (χ4n) is 4.82. The minimum absolute atomic E-state index is 0.0500. The number of rotatable bonds is 5. The molecule has 0 aliphatic heterocycles. The summed E-state index contributed by atoms with van der Waals surface area (Å²) in [5.41, 5.74) is 6.40. The number of aromatic carboxylic acids is 1. The van der Waals surface area contributed by atoms with E-state index in [1.54, 1.807) is 24.3 Å². The summed E-state index contributed by atoms with van der Waals surface area (Å²) in [6.45, 7) is 10.7. The van der Waals surface area contributed by atoms with Gasteiger partial charge in [0.15, 0.2) is 0 Å². The van der Waals surface area contributed by atoms with Crippen molar-refractivity contribution >= 4 is 11.5 Å². The lowest BCUT2D eigenvalue weighted by molar-refractivity contribution is 0.0697. The molecule has 2 nitrogen and oxygen atoms in total. The molecule has 2 aromatic rings. The molecule has 0 aromatic heterocycles. The van der Waals surface area contributed by atoms with Crippen LogP contribution < -0.4 is 0 Å². The van der Waals surface area contributed by atoms with Gasteiger partial charge in [-0.15, -0.1) is 0 Å². The third-order valence-corrected chi connectivity index (χ3v) is 7.07. The van der Waals surface area contributed by atoms with E-state index in [0.717, 1.165) is 23.1 Å². The van der Waals surface area contributed by atoms with Crippen LogP contribution in [0.2, 0.25) is 0 Å². The van der Waals surface area contributed by atoms with E-state index in [2.05, 4.69) is 32.6 Å². The molecular weight excluding hydrogens is 363 g/mol. The molecule has 4 rings (SSSR count). The highest BCUT2D eigenvalue weighted by molar-refractivity contribution is 5.89. The maximum Gasteiger partial charge on any atom is 0.335 e. The Hall–Kier alpha value is -2.42. The van der Waals surface area contributed by atoms with E-state index in [1.807, 2.05) is 6.92 Å². The van der Waals surface area contributed by atoms with E-state index < -0.39 is 12.1 Å². The Morgan fingerprint density at radius 1 is 1.07 bits per heavy atom. The monoisotopic (exact) mass is 392 g/mol. The van der Waals surface area contributed by atoms with E-state index in [1.165, 1.54) is 30.4 Å². The summed E-state index contributed by atoms with van der Waals surface area (Å²) in [5, 5.41) is 9.15. The highest BCUT2D eigenvalue weighted by Gasteiger charge is 2.50. The normalized spacial score (nSPS) is 19.4. The van der Waals surface area contributed by atoms with E-state index in [-0.39, 0.29) is 16.4 Å². The van der Waals surface area contributed by atoms with E-state index in [9.17, 15) is 4.79 Å². The molecule has 1 spiro atoms. The molecule has 0 bridgehead atoms. The Balaban J connectivity index is 1.86. The molecule has 2 aromatic carbocycles. The second-order valence-electron chi connectivity index (χ2n) is 9.39. The number of halogens is 1. The lowest BCUT2D eigenvalue weighted by Gasteiger charge is -2.39. The van der Waals surface area contributed by atoms with Gasteiger partial charge in [0, 0.05) is 0 Å². The Morgan fingerprint density at radius 2 is 1.66 bits per heavy atom. The van der Waals surface area contributed by atoms with Crippen LogP contribution in [0.25, 0.3) is 5.57 Å². The molecule has 1 saturated carbocycles. The summed E-state index contributed by atoms with van der Waals surface area (Å²) >= 11 is 0. The van der Waals surface area contributed by atoms with Crippen LogP contribution in [0.4, 0.5) is 4.39 Å². The number of carboxylic acid groups (broad SMARTS) is 1. The zero-order chi connectivity index (χ0) is 21.0. The maximum absolute atomic E-state index is 15.1. The largest absolute Gasteiger partial charge is 0.478 e. The first-order chi connectivity index (χ1) is 13.7. The molecule has 1 fully saturated rings. The lowest BCUT2D eigenvalue weighted by atomic mass is 9.66. The first kappa shape index (κ1) is 19.9. The van der Waals surface area contributed by atoms with Crippen molar-refractivity contribution in [2.75, 3.05) is 0 Å². The molecule has 0 radical (unpaired) electrons. The number of benzene rings is 2. The molecule has 2 aliphatic rings. The number of alkyl halides is 1. The van der Waals surface area contributed by atoms with Crippen molar-refractivity contribution in [3.8, 4) is 0 Å². The third-order valence-electron chi connectivity index (χ3n) is 7.07. The quantitative estimate of drug-likeness (QED) is 0.596. The Labute approximate surface area is 172 Å². The molecular formula is C26H29FO2. The van der Waals surface area contributed by atoms with Gasteiger partial charge in [0.05, 0.1) is 5.56 Å². The molecule has 0 heterocycles. The summed E-state index contributed by atoms with van der Waals surface area (Å²) in [6, 6.07) is 11.0. The third kappa shape index (κ3) is 3.31. The van der Waals surface area contributed by atoms with Crippen molar-refractivity contribution in [3.63, 3.8) is 0 Å². The number of hydrogen-bond donors (Lipinski definition) is 1. The zero-order valence-corrected chi connectivity index (χ0v) is 17.5. The molecule has 152 valence electrons. The van der Waals surface area contributed by atoms with Crippen LogP contribution in [0.15, 0.2) is 43.0 Å². The van der Waals surface area contributed by atoms with Crippen LogP contribution in [-0.4, -0.2) is 11.1 Å². The Kier molecular flexibility index (Phi) is 4.68. The fraction of sp³-hybridized carbons (Fsp3) is 0.423. The van der Waals surface area contributed by atoms with E-state index in [0.29, 0.717) is 12.0 Å². The Morgan fingerprint density at radius 3 is 2.21 bits per heavy atom. The van der Waals surface area contributed by atoms with Crippen molar-refractivity contribution in [2.24, 2.45) is 0 Å². The summed E-state index contributed by atoms with van der Waals surface area (Å²) in [7, 11) is 0. The van der Waals surface area contributed by atoms with Gasteiger partial charge in [-0.2, -0.15) is 0 Å². The van der Waals surface area contributed by atoms with Crippen LogP contribution >= 0.6 is 0 Å². The summed E-state index contributed by atoms with van der Waals surface area (Å²) in [6.07, 6.45) is 4.13. The molecule has 0 amide bonds. The van der Waals surface area contributed by atoms with Crippen molar-refractivity contribution in [1.29, 1.82) is 0 Å². The number of carboxylic acids is 1. The first-order valence-electron chi connectivity index (χ1n) is 10.5. The predicted molar refractivity (Wildman–Crippen MR) is 115 cm³/mol. The van der Waals surface area contributed by atoms with Crippen LogP contribution in [0, 0.1) is 0 Å². The van der Waals surface area contributed by atoms with Gasteiger partial charge in [-0.1, -0.05) is 45.5 Å². The van der Waals surface area contributed by atoms with Gasteiger partial charge in [0.25, 0.3) is 0 Å². The first-order valence-corrected chi connectivity index (χ1v) is 10.5. The number of fused-ring (bicyclic) bond motifs is 2. The molecule has 2 aliphatic carbocycles. The molecule has 1 N–H and O–H groups in total. The minimum atomic E-state index is -1.04. The maximum atomic E-state index is 15.1. The van der Waals surface area contributed by atoms with E-state index in [4.69, 9.17) is 5.11 Å². The smallest absolute Gasteiger partial charge is 0.335 e. The molecule has 1 atom stereocenters. The van der Waals surface area contributed by atoms with E-state index >= 15 is 4.39 Å². The molecule has 1 unspecified atom stereocenters. The topological polar surface area (TPSA) is 37.3 Å². The van der Waals surface area contributed by atoms with Gasteiger partial charge >= 0.3 is 5.97 Å². The molecule has 3 heteroatoms. The van der Waals surface area contributed by atoms with Crippen molar-refractivity contribution in [3.05, 3.63) is 76.4 Å². The van der Waals surface area contributed by atoms with Crippen molar-refractivity contribution in [1.82, 2.24) is 0 Å². The number of carbonyl (C=O) groups is 1. The summed E-state index contributed by atoms with van der Waals surface area (Å²) in [4.78, 5) is 11.2. The van der Waals surface area contributed by atoms with Crippen LogP contribution in [-0.2, 0) is 10.8 Å². The standard InChI is InChI=1S/C26H29FO2/c1-5-23(27)20-15-21-22(26(12-13-26)11-10-25(21,3)4)14-19(20)16(2)17-6-8-18(9-7-17)24(28)29/h6-9,14-15,23H,2,5,10-13H2,1,3-4H3,(H,28,29). The highest BCUT2D eigenvalue weighted by atomic mass is 19.1. The second kappa shape index (κ2) is 6.83. The average molecular weight is 393 g/mol. The SMILES string of the molecule is C=C(c1ccc(C(=O)O)cc1)c1cc2c(cc1C(F)CC)C(C)(C)CCC21CC1. The van der Waals surface area contributed by atoms with Crippen LogP contribution in [0.5, 0.6) is 0 Å². The molecule has 29 heavy (non-hydrogen) atoms. The van der Waals surface area contributed by atoms with Gasteiger partial charge in [0.2, 0.25) is 0 Å². The van der Waals surface area contributed by atoms with Crippen LogP contribution in [0.3, 0.4) is 0 Å². The van der Waals surface area contributed by atoms with Crippen LogP contribution in [0.1, 0.15) is 97.2 Å². The second-order valence-corrected chi connectivity index (χ2v) is 9.39. The van der Waals surface area contributed by atoms with Crippen molar-refractivity contribution in [2.45, 2.75) is 69.9 Å².